The van der Waals surface area contributed by atoms with Crippen molar-refractivity contribution < 1.29 is 14.3 Å². The molecule has 0 radical (unpaired) electrons. The summed E-state index contributed by atoms with van der Waals surface area (Å²) in [5, 5.41) is 9.28. The predicted octanol–water partition coefficient (Wildman–Crippen LogP) is 2.33. The summed E-state index contributed by atoms with van der Waals surface area (Å²) >= 11 is 0. The average Bonchev–Trinajstić information content (AvgIpc) is 2.58. The number of hydrogen-bond donors (Lipinski definition) is 3. The molecular weight excluding hydrogens is 473 g/mol. The van der Waals surface area contributed by atoms with Crippen LogP contribution >= 0.6 is 24.0 Å². The highest BCUT2D eigenvalue weighted by molar-refractivity contribution is 14.0. The summed E-state index contributed by atoms with van der Waals surface area (Å²) in [5.74, 6) is 0.612. The zero-order chi connectivity index (χ0) is 20.7. The Morgan fingerprint density at radius 3 is 2.39 bits per heavy atom. The van der Waals surface area contributed by atoms with E-state index in [1.54, 1.807) is 11.9 Å². The highest BCUT2D eigenvalue weighted by atomic mass is 127. The molecule has 0 aromatic carbocycles. The Bertz CT molecular complexity index is 546. The Hall–Kier alpha value is -1.26. The quantitative estimate of drug-likeness (QED) is 0.299. The molecule has 1 aliphatic heterocycles. The van der Waals surface area contributed by atoms with E-state index in [1.807, 2.05) is 41.5 Å². The maximum atomic E-state index is 12.3. The van der Waals surface area contributed by atoms with Gasteiger partial charge in [-0.2, -0.15) is 0 Å². The SMILES string of the molecule is CCNC(=NCC(C)(C)C(=O)NC)NC1CCCN(C(=O)OC(C)(C)C)C1.I. The minimum Gasteiger partial charge on any atom is -0.444 e. The van der Waals surface area contributed by atoms with Gasteiger partial charge >= 0.3 is 6.09 Å². The van der Waals surface area contributed by atoms with Gasteiger partial charge in [-0.15, -0.1) is 24.0 Å². The van der Waals surface area contributed by atoms with E-state index in [2.05, 4.69) is 20.9 Å². The summed E-state index contributed by atoms with van der Waals surface area (Å²) in [6.45, 7) is 13.7. The fourth-order valence-corrected chi connectivity index (χ4v) is 2.79. The number of nitrogens with zero attached hydrogens (tertiary/aromatic N) is 2. The van der Waals surface area contributed by atoms with Crippen molar-refractivity contribution in [2.45, 2.75) is 66.0 Å². The number of ether oxygens (including phenoxy) is 1. The van der Waals surface area contributed by atoms with Crippen LogP contribution in [0.1, 0.15) is 54.4 Å². The molecule has 1 saturated heterocycles. The maximum Gasteiger partial charge on any atom is 0.410 e. The van der Waals surface area contributed by atoms with E-state index in [1.165, 1.54) is 0 Å². The number of rotatable bonds is 5. The lowest BCUT2D eigenvalue weighted by molar-refractivity contribution is -0.128. The lowest BCUT2D eigenvalue weighted by Gasteiger charge is -2.35. The van der Waals surface area contributed by atoms with E-state index < -0.39 is 11.0 Å². The van der Waals surface area contributed by atoms with Crippen molar-refractivity contribution in [1.29, 1.82) is 0 Å². The Kier molecular flexibility index (Phi) is 11.1. The summed E-state index contributed by atoms with van der Waals surface area (Å²) in [6, 6.07) is 0.0900. The monoisotopic (exact) mass is 511 g/mol. The molecule has 28 heavy (non-hydrogen) atoms. The first-order chi connectivity index (χ1) is 12.5. The second-order valence-corrected chi connectivity index (χ2v) is 8.57. The van der Waals surface area contributed by atoms with Crippen LogP contribution in [-0.4, -0.2) is 67.7 Å². The number of carbonyl (C=O) groups is 2. The highest BCUT2D eigenvalue weighted by Gasteiger charge is 2.29. The summed E-state index contributed by atoms with van der Waals surface area (Å²) in [5.41, 5.74) is -1.09. The van der Waals surface area contributed by atoms with Crippen LogP contribution in [0.15, 0.2) is 4.99 Å². The lowest BCUT2D eigenvalue weighted by atomic mass is 9.93. The van der Waals surface area contributed by atoms with E-state index in [0.29, 0.717) is 25.6 Å². The van der Waals surface area contributed by atoms with Crippen molar-refractivity contribution in [2.24, 2.45) is 10.4 Å². The van der Waals surface area contributed by atoms with Crippen LogP contribution in [-0.2, 0) is 9.53 Å². The molecule has 0 aliphatic carbocycles. The summed E-state index contributed by atoms with van der Waals surface area (Å²) in [7, 11) is 1.63. The van der Waals surface area contributed by atoms with Crippen LogP contribution in [0, 0.1) is 5.41 Å². The molecule has 9 heteroatoms. The molecule has 0 saturated carbocycles. The Labute approximate surface area is 186 Å². The molecule has 2 amide bonds. The molecule has 0 bridgehead atoms. The topological polar surface area (TPSA) is 95.1 Å². The number of guanidine groups is 1. The standard InChI is InChI=1S/C19H37N5O3.HI/c1-8-21-16(22-13-19(5,6)15(25)20-7)23-14-10-9-11-24(12-14)17(26)27-18(2,3)4;/h14H,8-13H2,1-7H3,(H,20,25)(H2,21,22,23);1H. The van der Waals surface area contributed by atoms with E-state index in [9.17, 15) is 9.59 Å². The number of hydrogen-bond acceptors (Lipinski definition) is 4. The third-order valence-corrected chi connectivity index (χ3v) is 4.23. The van der Waals surface area contributed by atoms with Gasteiger partial charge in [0.05, 0.1) is 12.0 Å². The molecule has 1 rings (SSSR count). The molecule has 1 aliphatic rings. The van der Waals surface area contributed by atoms with Gasteiger partial charge in [0.2, 0.25) is 5.91 Å². The Morgan fingerprint density at radius 1 is 1.21 bits per heavy atom. The molecule has 0 spiro atoms. The van der Waals surface area contributed by atoms with Gasteiger partial charge in [0.25, 0.3) is 0 Å². The Balaban J connectivity index is 0.00000729. The molecular formula is C19H38IN5O3. The molecule has 1 heterocycles. The van der Waals surface area contributed by atoms with Crippen LogP contribution < -0.4 is 16.0 Å². The third kappa shape index (κ3) is 9.29. The molecule has 1 fully saturated rings. The van der Waals surface area contributed by atoms with E-state index in [4.69, 9.17) is 4.74 Å². The number of piperidine rings is 1. The first-order valence-electron chi connectivity index (χ1n) is 9.73. The van der Waals surface area contributed by atoms with Crippen LogP contribution in [0.5, 0.6) is 0 Å². The molecule has 1 atom stereocenters. The number of halogens is 1. The predicted molar refractivity (Wildman–Crippen MR) is 123 cm³/mol. The summed E-state index contributed by atoms with van der Waals surface area (Å²) in [6.07, 6.45) is 1.57. The van der Waals surface area contributed by atoms with Crippen LogP contribution in [0.2, 0.25) is 0 Å². The van der Waals surface area contributed by atoms with Crippen LogP contribution in [0.4, 0.5) is 4.79 Å². The van der Waals surface area contributed by atoms with E-state index in [0.717, 1.165) is 19.4 Å². The van der Waals surface area contributed by atoms with Gasteiger partial charge < -0.3 is 25.6 Å². The number of amides is 2. The lowest BCUT2D eigenvalue weighted by Crippen LogP contribution is -2.53. The van der Waals surface area contributed by atoms with Crippen LogP contribution in [0.25, 0.3) is 0 Å². The average molecular weight is 511 g/mol. The molecule has 3 N–H and O–H groups in total. The number of likely N-dealkylation sites (tertiary alicyclic amines) is 1. The zero-order valence-electron chi connectivity index (χ0n) is 18.3. The molecule has 0 aromatic heterocycles. The van der Waals surface area contributed by atoms with Crippen molar-refractivity contribution in [3.05, 3.63) is 0 Å². The van der Waals surface area contributed by atoms with Crippen molar-refractivity contribution in [2.75, 3.05) is 33.2 Å². The van der Waals surface area contributed by atoms with Crippen molar-refractivity contribution in [3.63, 3.8) is 0 Å². The molecule has 1 unspecified atom stereocenters. The van der Waals surface area contributed by atoms with Gasteiger partial charge in [-0.05, 0) is 54.4 Å². The van der Waals surface area contributed by atoms with Gasteiger partial charge in [-0.1, -0.05) is 0 Å². The number of carbonyl (C=O) groups excluding carboxylic acids is 2. The van der Waals surface area contributed by atoms with Crippen molar-refractivity contribution >= 4 is 41.9 Å². The zero-order valence-corrected chi connectivity index (χ0v) is 20.7. The van der Waals surface area contributed by atoms with E-state index in [-0.39, 0.29) is 42.0 Å². The number of nitrogens with one attached hydrogen (secondary N) is 3. The molecule has 164 valence electrons. The normalized spacial score (nSPS) is 18.0. The minimum atomic E-state index is -0.591. The fourth-order valence-electron chi connectivity index (χ4n) is 2.79. The largest absolute Gasteiger partial charge is 0.444 e. The first-order valence-corrected chi connectivity index (χ1v) is 9.73. The fraction of sp³-hybridized carbons (Fsp3) is 0.842. The molecule has 0 aromatic rings. The second kappa shape index (κ2) is 11.7. The smallest absolute Gasteiger partial charge is 0.410 e. The minimum absolute atomic E-state index is 0. The van der Waals surface area contributed by atoms with Crippen LogP contribution in [0.3, 0.4) is 0 Å². The van der Waals surface area contributed by atoms with Gasteiger partial charge in [-0.3, -0.25) is 9.79 Å². The highest BCUT2D eigenvalue weighted by Crippen LogP contribution is 2.17. The van der Waals surface area contributed by atoms with Gasteiger partial charge in [0, 0.05) is 32.7 Å². The number of aliphatic imine (C=N–C) groups is 1. The summed E-state index contributed by atoms with van der Waals surface area (Å²) in [4.78, 5) is 30.6. The van der Waals surface area contributed by atoms with Gasteiger partial charge in [0.15, 0.2) is 5.96 Å². The summed E-state index contributed by atoms with van der Waals surface area (Å²) < 4.78 is 5.48. The van der Waals surface area contributed by atoms with Gasteiger partial charge in [0.1, 0.15) is 5.60 Å². The third-order valence-electron chi connectivity index (χ3n) is 4.23. The van der Waals surface area contributed by atoms with Crippen molar-refractivity contribution in [1.82, 2.24) is 20.9 Å². The van der Waals surface area contributed by atoms with Crippen molar-refractivity contribution in [3.8, 4) is 0 Å². The first kappa shape index (κ1) is 26.7. The maximum absolute atomic E-state index is 12.3. The van der Waals surface area contributed by atoms with E-state index >= 15 is 0 Å². The van der Waals surface area contributed by atoms with Gasteiger partial charge in [-0.25, -0.2) is 4.79 Å². The second-order valence-electron chi connectivity index (χ2n) is 8.57. The Morgan fingerprint density at radius 2 is 1.86 bits per heavy atom. The molecule has 8 nitrogen and oxygen atoms in total.